The molecule has 0 fully saturated rings. The number of hydrogen-bond acceptors (Lipinski definition) is 2. The van der Waals surface area contributed by atoms with E-state index in [4.69, 9.17) is 4.84 Å². The van der Waals surface area contributed by atoms with E-state index in [2.05, 4.69) is 25.8 Å². The molecule has 0 atom stereocenters. The molecule has 0 rings (SSSR count). The molecule has 0 heterocycles. The Morgan fingerprint density at radius 3 is 0.969 bits per heavy atom. The number of hydroxylamine groups is 2. The lowest BCUT2D eigenvalue weighted by molar-refractivity contribution is -0.161. The van der Waals surface area contributed by atoms with Crippen molar-refractivity contribution in [2.24, 2.45) is 0 Å². The summed E-state index contributed by atoms with van der Waals surface area (Å²) in [6, 6.07) is 0. The number of hydrogen-bond donors (Lipinski definition) is 0. The number of rotatable bonds is 28. The van der Waals surface area contributed by atoms with Crippen molar-refractivity contribution >= 4 is 0 Å². The molecule has 0 aromatic heterocycles. The summed E-state index contributed by atoms with van der Waals surface area (Å²) in [5.74, 6) is 0. The lowest BCUT2D eigenvalue weighted by Crippen LogP contribution is -2.27. The van der Waals surface area contributed by atoms with E-state index in [1.807, 2.05) is 0 Å². The Kier molecular flexibility index (Phi) is 28.9. The Labute approximate surface area is 204 Å². The van der Waals surface area contributed by atoms with Gasteiger partial charge in [-0.05, 0) is 19.3 Å². The van der Waals surface area contributed by atoms with Crippen molar-refractivity contribution in [2.75, 3.05) is 19.7 Å². The third-order valence-electron chi connectivity index (χ3n) is 6.79. The zero-order valence-electron chi connectivity index (χ0n) is 22.9. The van der Waals surface area contributed by atoms with E-state index < -0.39 is 0 Å². The number of nitrogens with zero attached hydrogens (tertiary/aromatic N) is 1. The van der Waals surface area contributed by atoms with E-state index in [1.165, 1.54) is 154 Å². The number of unbranched alkanes of at least 4 members (excludes halogenated alkanes) is 21. The first-order valence-corrected chi connectivity index (χ1v) is 15.2. The Morgan fingerprint density at radius 1 is 0.344 bits per heavy atom. The van der Waals surface area contributed by atoms with E-state index >= 15 is 0 Å². The van der Waals surface area contributed by atoms with Crippen LogP contribution in [-0.4, -0.2) is 24.8 Å². The Bertz CT molecular complexity index is 300. The van der Waals surface area contributed by atoms with Crippen LogP contribution in [0.3, 0.4) is 0 Å². The fraction of sp³-hybridized carbons (Fsp3) is 1.00. The highest BCUT2D eigenvalue weighted by atomic mass is 16.7. The second-order valence-electron chi connectivity index (χ2n) is 10.2. The van der Waals surface area contributed by atoms with Gasteiger partial charge in [0.2, 0.25) is 0 Å². The molecule has 0 aliphatic rings. The van der Waals surface area contributed by atoms with Gasteiger partial charge in [0.15, 0.2) is 0 Å². The van der Waals surface area contributed by atoms with Gasteiger partial charge in [0.1, 0.15) is 0 Å². The summed E-state index contributed by atoms with van der Waals surface area (Å²) >= 11 is 0. The van der Waals surface area contributed by atoms with Gasteiger partial charge in [-0.25, -0.2) is 0 Å². The van der Waals surface area contributed by atoms with E-state index in [0.717, 1.165) is 19.7 Å². The van der Waals surface area contributed by atoms with Crippen LogP contribution in [-0.2, 0) is 4.84 Å². The minimum atomic E-state index is 0.934. The van der Waals surface area contributed by atoms with Crippen LogP contribution in [0.1, 0.15) is 175 Å². The highest BCUT2D eigenvalue weighted by molar-refractivity contribution is 4.53. The van der Waals surface area contributed by atoms with Gasteiger partial charge >= 0.3 is 0 Å². The molecular weight excluding hydrogens is 390 g/mol. The van der Waals surface area contributed by atoms with Gasteiger partial charge in [0, 0.05) is 13.1 Å². The van der Waals surface area contributed by atoms with E-state index in [-0.39, 0.29) is 0 Å². The summed E-state index contributed by atoms with van der Waals surface area (Å²) in [7, 11) is 0. The molecule has 0 unspecified atom stereocenters. The van der Waals surface area contributed by atoms with Crippen molar-refractivity contribution < 1.29 is 4.84 Å². The first-order valence-electron chi connectivity index (χ1n) is 15.2. The van der Waals surface area contributed by atoms with Crippen molar-refractivity contribution in [2.45, 2.75) is 175 Å². The summed E-state index contributed by atoms with van der Waals surface area (Å²) in [5, 5.41) is 2.33. The van der Waals surface area contributed by atoms with Crippen molar-refractivity contribution in [1.29, 1.82) is 0 Å². The monoisotopic (exact) mass is 453 g/mol. The molecule has 32 heavy (non-hydrogen) atoms. The third kappa shape index (κ3) is 26.2. The van der Waals surface area contributed by atoms with Crippen LogP contribution in [0.2, 0.25) is 0 Å². The van der Waals surface area contributed by atoms with Gasteiger partial charge in [0.25, 0.3) is 0 Å². The highest BCUT2D eigenvalue weighted by Crippen LogP contribution is 2.13. The molecule has 0 aliphatic heterocycles. The molecule has 0 amide bonds. The normalized spacial score (nSPS) is 11.6. The van der Waals surface area contributed by atoms with Gasteiger partial charge < -0.3 is 0 Å². The summed E-state index contributed by atoms with van der Waals surface area (Å²) in [4.78, 5) is 6.24. The zero-order chi connectivity index (χ0) is 23.4. The topological polar surface area (TPSA) is 12.5 Å². The van der Waals surface area contributed by atoms with Gasteiger partial charge in [-0.1, -0.05) is 156 Å². The standard InChI is InChI=1S/C30H63NO/c1-4-7-10-13-16-19-22-25-28-31(29-26-23-20-17-14-11-8-5-2)32-30-27-24-21-18-15-12-9-6-3/h4-30H2,1-3H3. The van der Waals surface area contributed by atoms with Crippen LogP contribution >= 0.6 is 0 Å². The van der Waals surface area contributed by atoms with Crippen LogP contribution in [0, 0.1) is 0 Å². The largest absolute Gasteiger partial charge is 0.299 e. The molecule has 2 heteroatoms. The molecule has 0 aromatic carbocycles. The molecule has 0 N–H and O–H groups in total. The van der Waals surface area contributed by atoms with Gasteiger partial charge in [-0.3, -0.25) is 4.84 Å². The lowest BCUT2D eigenvalue weighted by Gasteiger charge is -2.22. The van der Waals surface area contributed by atoms with E-state index in [1.54, 1.807) is 0 Å². The SMILES string of the molecule is CCCCCCCCCCON(CCCCCCCCCC)CCCCCCCCCC. The molecule has 0 saturated carbocycles. The molecule has 0 saturated heterocycles. The fourth-order valence-electron chi connectivity index (χ4n) is 4.51. The first-order chi connectivity index (χ1) is 15.8. The second kappa shape index (κ2) is 29.0. The molecule has 0 aliphatic carbocycles. The fourth-order valence-corrected chi connectivity index (χ4v) is 4.51. The van der Waals surface area contributed by atoms with Gasteiger partial charge in [-0.2, -0.15) is 5.06 Å². The highest BCUT2D eigenvalue weighted by Gasteiger charge is 2.06. The van der Waals surface area contributed by atoms with Crippen molar-refractivity contribution in [3.8, 4) is 0 Å². The molecule has 194 valence electrons. The predicted molar refractivity (Wildman–Crippen MR) is 145 cm³/mol. The van der Waals surface area contributed by atoms with Crippen molar-refractivity contribution in [3.05, 3.63) is 0 Å². The minimum Gasteiger partial charge on any atom is -0.299 e. The molecular formula is C30H63NO. The van der Waals surface area contributed by atoms with Crippen LogP contribution in [0.4, 0.5) is 0 Å². The van der Waals surface area contributed by atoms with E-state index in [0.29, 0.717) is 0 Å². The average molecular weight is 454 g/mol. The maximum Gasteiger partial charge on any atom is 0.0685 e. The van der Waals surface area contributed by atoms with Crippen molar-refractivity contribution in [3.63, 3.8) is 0 Å². The molecule has 0 radical (unpaired) electrons. The predicted octanol–water partition coefficient (Wildman–Crippen LogP) is 10.6. The molecule has 0 bridgehead atoms. The third-order valence-corrected chi connectivity index (χ3v) is 6.79. The lowest BCUT2D eigenvalue weighted by atomic mass is 10.1. The Balaban J connectivity index is 3.83. The average Bonchev–Trinajstić information content (AvgIpc) is 2.80. The Morgan fingerprint density at radius 2 is 0.625 bits per heavy atom. The van der Waals surface area contributed by atoms with Crippen LogP contribution < -0.4 is 0 Å². The maximum atomic E-state index is 6.24. The summed E-state index contributed by atoms with van der Waals surface area (Å²) in [6.45, 7) is 10.1. The summed E-state index contributed by atoms with van der Waals surface area (Å²) in [6.07, 6.45) is 33.3. The second-order valence-corrected chi connectivity index (χ2v) is 10.2. The molecule has 2 nitrogen and oxygen atoms in total. The molecule has 0 aromatic rings. The Hall–Kier alpha value is -0.0800. The zero-order valence-corrected chi connectivity index (χ0v) is 22.9. The molecule has 0 spiro atoms. The van der Waals surface area contributed by atoms with Crippen molar-refractivity contribution in [1.82, 2.24) is 5.06 Å². The first kappa shape index (κ1) is 31.9. The smallest absolute Gasteiger partial charge is 0.0685 e. The van der Waals surface area contributed by atoms with Crippen LogP contribution in [0.5, 0.6) is 0 Å². The quantitative estimate of drug-likeness (QED) is 0.0862. The maximum absolute atomic E-state index is 6.24. The van der Waals surface area contributed by atoms with E-state index in [9.17, 15) is 0 Å². The van der Waals surface area contributed by atoms with Gasteiger partial charge in [-0.15, -0.1) is 0 Å². The van der Waals surface area contributed by atoms with Crippen LogP contribution in [0.25, 0.3) is 0 Å². The summed E-state index contributed by atoms with van der Waals surface area (Å²) < 4.78 is 0. The minimum absolute atomic E-state index is 0.934. The van der Waals surface area contributed by atoms with Gasteiger partial charge in [0.05, 0.1) is 6.61 Å². The van der Waals surface area contributed by atoms with Crippen LogP contribution in [0.15, 0.2) is 0 Å². The summed E-state index contributed by atoms with van der Waals surface area (Å²) in [5.41, 5.74) is 0.